The number of hydrogen-bond donors (Lipinski definition) is 2. The predicted molar refractivity (Wildman–Crippen MR) is 104 cm³/mol. The molecule has 5 nitrogen and oxygen atoms in total. The van der Waals surface area contributed by atoms with Gasteiger partial charge in [0.1, 0.15) is 5.82 Å². The van der Waals surface area contributed by atoms with Crippen molar-refractivity contribution in [2.45, 2.75) is 31.6 Å². The number of benzene rings is 2. The van der Waals surface area contributed by atoms with E-state index in [1.807, 2.05) is 13.8 Å². The van der Waals surface area contributed by atoms with Gasteiger partial charge in [0.05, 0.1) is 4.90 Å². The quantitative estimate of drug-likeness (QED) is 0.688. The van der Waals surface area contributed by atoms with E-state index in [2.05, 4.69) is 10.0 Å². The van der Waals surface area contributed by atoms with Crippen molar-refractivity contribution in [2.24, 2.45) is 5.92 Å². The van der Waals surface area contributed by atoms with E-state index in [1.165, 1.54) is 36.4 Å². The summed E-state index contributed by atoms with van der Waals surface area (Å²) < 4.78 is 39.8. The van der Waals surface area contributed by atoms with Crippen LogP contribution >= 0.6 is 0 Å². The zero-order valence-electron chi connectivity index (χ0n) is 15.5. The van der Waals surface area contributed by atoms with Crippen molar-refractivity contribution in [1.29, 1.82) is 0 Å². The van der Waals surface area contributed by atoms with E-state index in [0.717, 1.165) is 12.0 Å². The van der Waals surface area contributed by atoms with Crippen molar-refractivity contribution in [2.75, 3.05) is 13.1 Å². The SMILES string of the molecule is CC(C)CCNS(=O)(=O)c1ccc(C(=O)NCCc2ccc(F)cc2)cc1. The lowest BCUT2D eigenvalue weighted by Gasteiger charge is -2.09. The lowest BCUT2D eigenvalue weighted by molar-refractivity contribution is 0.0954. The van der Waals surface area contributed by atoms with E-state index in [1.54, 1.807) is 12.1 Å². The van der Waals surface area contributed by atoms with Gasteiger partial charge < -0.3 is 5.32 Å². The Bertz CT molecular complexity index is 848. The molecule has 0 aliphatic rings. The van der Waals surface area contributed by atoms with Gasteiger partial charge in [0.15, 0.2) is 0 Å². The Morgan fingerprint density at radius 3 is 2.22 bits per heavy atom. The van der Waals surface area contributed by atoms with Crippen molar-refractivity contribution in [3.8, 4) is 0 Å². The molecule has 146 valence electrons. The molecule has 0 aliphatic carbocycles. The first kappa shape index (κ1) is 21.1. The van der Waals surface area contributed by atoms with Crippen molar-refractivity contribution >= 4 is 15.9 Å². The molecule has 1 amide bonds. The second-order valence-corrected chi connectivity index (χ2v) is 8.50. The first-order valence-corrected chi connectivity index (χ1v) is 10.4. The Kier molecular flexibility index (Phi) is 7.50. The fourth-order valence-electron chi connectivity index (χ4n) is 2.42. The highest BCUT2D eigenvalue weighted by molar-refractivity contribution is 7.89. The van der Waals surface area contributed by atoms with Crippen LogP contribution in [0, 0.1) is 11.7 Å². The molecule has 2 aromatic carbocycles. The molecule has 2 N–H and O–H groups in total. The average Bonchev–Trinajstić information content (AvgIpc) is 2.63. The molecule has 7 heteroatoms. The van der Waals surface area contributed by atoms with Crippen LogP contribution in [0.4, 0.5) is 4.39 Å². The Balaban J connectivity index is 1.88. The standard InChI is InChI=1S/C20H25FN2O3S/c1-15(2)11-14-23-27(25,26)19-9-5-17(6-10-19)20(24)22-13-12-16-3-7-18(21)8-4-16/h3-10,15,23H,11-14H2,1-2H3,(H,22,24). The van der Waals surface area contributed by atoms with Crippen molar-refractivity contribution in [3.05, 3.63) is 65.5 Å². The average molecular weight is 392 g/mol. The first-order valence-electron chi connectivity index (χ1n) is 8.90. The van der Waals surface area contributed by atoms with Crippen molar-refractivity contribution in [1.82, 2.24) is 10.0 Å². The third kappa shape index (κ3) is 6.77. The van der Waals surface area contributed by atoms with Gasteiger partial charge in [-0.2, -0.15) is 0 Å². The highest BCUT2D eigenvalue weighted by Crippen LogP contribution is 2.11. The summed E-state index contributed by atoms with van der Waals surface area (Å²) in [6.45, 7) is 4.84. The van der Waals surface area contributed by atoms with E-state index in [-0.39, 0.29) is 16.6 Å². The summed E-state index contributed by atoms with van der Waals surface area (Å²) in [4.78, 5) is 12.3. The fourth-order valence-corrected chi connectivity index (χ4v) is 3.47. The topological polar surface area (TPSA) is 75.3 Å². The van der Waals surface area contributed by atoms with Crippen LogP contribution in [0.15, 0.2) is 53.4 Å². The largest absolute Gasteiger partial charge is 0.352 e. The Hall–Kier alpha value is -2.25. The van der Waals surface area contributed by atoms with E-state index in [0.29, 0.717) is 31.0 Å². The van der Waals surface area contributed by atoms with Crippen LogP contribution in [-0.2, 0) is 16.4 Å². The normalized spacial score (nSPS) is 11.6. The van der Waals surface area contributed by atoms with Gasteiger partial charge in [-0.1, -0.05) is 26.0 Å². The van der Waals surface area contributed by atoms with E-state index < -0.39 is 10.0 Å². The van der Waals surface area contributed by atoms with Crippen LogP contribution in [0.3, 0.4) is 0 Å². The molecular weight excluding hydrogens is 367 g/mol. The molecule has 0 atom stereocenters. The summed E-state index contributed by atoms with van der Waals surface area (Å²) in [6.07, 6.45) is 1.34. The van der Waals surface area contributed by atoms with Gasteiger partial charge in [-0.05, 0) is 60.7 Å². The van der Waals surface area contributed by atoms with Gasteiger partial charge in [-0.15, -0.1) is 0 Å². The van der Waals surface area contributed by atoms with Gasteiger partial charge in [-0.25, -0.2) is 17.5 Å². The second-order valence-electron chi connectivity index (χ2n) is 6.74. The Morgan fingerprint density at radius 2 is 1.63 bits per heavy atom. The summed E-state index contributed by atoms with van der Waals surface area (Å²) in [6, 6.07) is 11.9. The maximum absolute atomic E-state index is 12.9. The monoisotopic (exact) mass is 392 g/mol. The number of hydrogen-bond acceptors (Lipinski definition) is 3. The zero-order valence-corrected chi connectivity index (χ0v) is 16.4. The van der Waals surface area contributed by atoms with Crippen LogP contribution < -0.4 is 10.0 Å². The minimum atomic E-state index is -3.57. The van der Waals surface area contributed by atoms with Gasteiger partial charge in [-0.3, -0.25) is 4.79 Å². The predicted octanol–water partition coefficient (Wildman–Crippen LogP) is 3.12. The molecule has 0 aliphatic heterocycles. The molecule has 0 radical (unpaired) electrons. The van der Waals surface area contributed by atoms with Crippen LogP contribution in [0.2, 0.25) is 0 Å². The Morgan fingerprint density at radius 1 is 1.00 bits per heavy atom. The molecule has 0 spiro atoms. The zero-order chi connectivity index (χ0) is 19.9. The maximum Gasteiger partial charge on any atom is 0.251 e. The van der Waals surface area contributed by atoms with E-state index >= 15 is 0 Å². The number of sulfonamides is 1. The number of carbonyl (C=O) groups is 1. The molecule has 0 heterocycles. The van der Waals surface area contributed by atoms with E-state index in [4.69, 9.17) is 0 Å². The number of nitrogens with one attached hydrogen (secondary N) is 2. The molecule has 0 bridgehead atoms. The molecule has 0 fully saturated rings. The van der Waals surface area contributed by atoms with Crippen LogP contribution in [0.5, 0.6) is 0 Å². The number of halogens is 1. The summed E-state index contributed by atoms with van der Waals surface area (Å²) in [5.41, 5.74) is 1.31. The molecule has 0 unspecified atom stereocenters. The summed E-state index contributed by atoms with van der Waals surface area (Å²) in [5, 5.41) is 2.77. The van der Waals surface area contributed by atoms with Crippen LogP contribution in [0.25, 0.3) is 0 Å². The first-order chi connectivity index (χ1) is 12.8. The number of carbonyl (C=O) groups excluding carboxylic acids is 1. The third-order valence-electron chi connectivity index (χ3n) is 4.05. The highest BCUT2D eigenvalue weighted by Gasteiger charge is 2.14. The van der Waals surface area contributed by atoms with Gasteiger partial charge in [0.2, 0.25) is 10.0 Å². The minimum absolute atomic E-state index is 0.133. The van der Waals surface area contributed by atoms with Gasteiger partial charge in [0, 0.05) is 18.7 Å². The molecule has 0 saturated carbocycles. The highest BCUT2D eigenvalue weighted by atomic mass is 32.2. The second kappa shape index (κ2) is 9.62. The molecule has 2 aromatic rings. The minimum Gasteiger partial charge on any atom is -0.352 e. The molecule has 0 aromatic heterocycles. The molecule has 27 heavy (non-hydrogen) atoms. The van der Waals surface area contributed by atoms with Crippen molar-refractivity contribution < 1.29 is 17.6 Å². The number of rotatable bonds is 9. The Labute approximate surface area is 160 Å². The molecule has 2 rings (SSSR count). The summed E-state index contributed by atoms with van der Waals surface area (Å²) >= 11 is 0. The van der Waals surface area contributed by atoms with Crippen LogP contribution in [0.1, 0.15) is 36.2 Å². The summed E-state index contributed by atoms with van der Waals surface area (Å²) in [5.74, 6) is -0.168. The van der Waals surface area contributed by atoms with Crippen LogP contribution in [-0.4, -0.2) is 27.4 Å². The van der Waals surface area contributed by atoms with Crippen molar-refractivity contribution in [3.63, 3.8) is 0 Å². The summed E-state index contributed by atoms with van der Waals surface area (Å²) in [7, 11) is -3.57. The maximum atomic E-state index is 12.9. The number of amides is 1. The van der Waals surface area contributed by atoms with E-state index in [9.17, 15) is 17.6 Å². The lowest BCUT2D eigenvalue weighted by atomic mass is 10.1. The lowest BCUT2D eigenvalue weighted by Crippen LogP contribution is -2.27. The third-order valence-corrected chi connectivity index (χ3v) is 5.53. The molecule has 0 saturated heterocycles. The smallest absolute Gasteiger partial charge is 0.251 e. The fraction of sp³-hybridized carbons (Fsp3) is 0.350. The van der Waals surface area contributed by atoms with Gasteiger partial charge >= 0.3 is 0 Å². The van der Waals surface area contributed by atoms with Gasteiger partial charge in [0.25, 0.3) is 5.91 Å². The molecular formula is C20H25FN2O3S.